The van der Waals surface area contributed by atoms with Crippen LogP contribution in [0.1, 0.15) is 24.1 Å². The van der Waals surface area contributed by atoms with E-state index in [0.29, 0.717) is 0 Å². The zero-order chi connectivity index (χ0) is 18.4. The fourth-order valence-electron chi connectivity index (χ4n) is 4.01. The molecule has 0 unspecified atom stereocenters. The van der Waals surface area contributed by atoms with Crippen molar-refractivity contribution in [1.82, 2.24) is 10.2 Å². The van der Waals surface area contributed by atoms with Gasteiger partial charge in [-0.2, -0.15) is 0 Å². The molecule has 25 heavy (non-hydrogen) atoms. The molecule has 134 valence electrons. The Hall–Kier alpha value is -2.25. The lowest BCUT2D eigenvalue weighted by Gasteiger charge is -2.30. The Morgan fingerprint density at radius 1 is 1.32 bits per heavy atom. The third-order valence-electron chi connectivity index (χ3n) is 5.29. The molecule has 7 nitrogen and oxygen atoms in total. The fourth-order valence-corrected chi connectivity index (χ4v) is 4.01. The Labute approximate surface area is 146 Å². The predicted molar refractivity (Wildman–Crippen MR) is 88.3 cm³/mol. The van der Waals surface area contributed by atoms with Gasteiger partial charge >= 0.3 is 5.97 Å². The first-order chi connectivity index (χ1) is 11.9. The summed E-state index contributed by atoms with van der Waals surface area (Å²) in [6, 6.07) is 6.93. The standard InChI is InChI=1S/C18H22N2O5/c1-4-25-17(24)18(9-21)13-12(15(22)20(3)16(13)23)14(19-18)11-8-6-5-7-10(11)2/h5-8,12-14,19,21H,4,9H2,1-3H3/t12-,13+,14-,18-/m1/s1. The lowest BCUT2D eigenvalue weighted by molar-refractivity contribution is -0.158. The summed E-state index contributed by atoms with van der Waals surface area (Å²) in [6.45, 7) is 3.05. The number of esters is 1. The number of hydrogen-bond acceptors (Lipinski definition) is 6. The Kier molecular flexibility index (Phi) is 4.38. The first-order valence-corrected chi connectivity index (χ1v) is 8.31. The molecule has 1 aromatic rings. The third kappa shape index (κ3) is 2.38. The maximum atomic E-state index is 12.7. The lowest BCUT2D eigenvalue weighted by Crippen LogP contribution is -2.58. The van der Waals surface area contributed by atoms with E-state index in [2.05, 4.69) is 5.32 Å². The minimum absolute atomic E-state index is 0.118. The van der Waals surface area contributed by atoms with Crippen molar-refractivity contribution in [3.05, 3.63) is 35.4 Å². The van der Waals surface area contributed by atoms with E-state index in [-0.39, 0.29) is 12.5 Å². The SMILES string of the molecule is CCOC(=O)[C@]1(CO)N[C@H](c2ccccc2C)[C@@H]2C(=O)N(C)C(=O)[C@H]21. The Balaban J connectivity index is 2.14. The average Bonchev–Trinajstić information content (AvgIpc) is 3.06. The molecule has 4 atom stereocenters. The van der Waals surface area contributed by atoms with Crippen molar-refractivity contribution in [2.24, 2.45) is 11.8 Å². The number of likely N-dealkylation sites (tertiary alicyclic amines) is 1. The topological polar surface area (TPSA) is 95.9 Å². The van der Waals surface area contributed by atoms with Crippen LogP contribution in [0.15, 0.2) is 24.3 Å². The molecule has 0 saturated carbocycles. The van der Waals surface area contributed by atoms with E-state index in [1.807, 2.05) is 31.2 Å². The molecular formula is C18H22N2O5. The normalized spacial score (nSPS) is 31.4. The zero-order valence-corrected chi connectivity index (χ0v) is 14.5. The molecule has 1 aromatic carbocycles. The molecule has 2 amide bonds. The second kappa shape index (κ2) is 6.24. The van der Waals surface area contributed by atoms with Crippen LogP contribution in [-0.2, 0) is 19.1 Å². The maximum Gasteiger partial charge on any atom is 0.329 e. The number of aryl methyl sites for hydroxylation is 1. The van der Waals surface area contributed by atoms with Gasteiger partial charge in [0.25, 0.3) is 0 Å². The molecule has 7 heteroatoms. The Bertz CT molecular complexity index is 734. The molecular weight excluding hydrogens is 324 g/mol. The van der Waals surface area contributed by atoms with E-state index in [1.54, 1.807) is 6.92 Å². The summed E-state index contributed by atoms with van der Waals surface area (Å²) in [7, 11) is 1.41. The van der Waals surface area contributed by atoms with Crippen LogP contribution in [0.5, 0.6) is 0 Å². The minimum atomic E-state index is -1.62. The highest BCUT2D eigenvalue weighted by molar-refractivity contribution is 6.09. The number of aliphatic hydroxyl groups excluding tert-OH is 1. The molecule has 0 radical (unpaired) electrons. The zero-order valence-electron chi connectivity index (χ0n) is 14.5. The highest BCUT2D eigenvalue weighted by Crippen LogP contribution is 2.49. The largest absolute Gasteiger partial charge is 0.465 e. The number of carbonyl (C=O) groups excluding carboxylic acids is 3. The van der Waals surface area contributed by atoms with Gasteiger partial charge in [0.1, 0.15) is 0 Å². The summed E-state index contributed by atoms with van der Waals surface area (Å²) in [4.78, 5) is 39.1. The molecule has 3 rings (SSSR count). The molecule has 0 aromatic heterocycles. The Morgan fingerprint density at radius 2 is 2.00 bits per heavy atom. The van der Waals surface area contributed by atoms with Crippen LogP contribution >= 0.6 is 0 Å². The number of carbonyl (C=O) groups is 3. The number of fused-ring (bicyclic) bond motifs is 1. The molecule has 0 aliphatic carbocycles. The number of aliphatic hydroxyl groups is 1. The summed E-state index contributed by atoms with van der Waals surface area (Å²) in [5, 5.41) is 13.1. The van der Waals surface area contributed by atoms with Crippen molar-refractivity contribution in [2.45, 2.75) is 25.4 Å². The molecule has 2 aliphatic heterocycles. The van der Waals surface area contributed by atoms with Gasteiger partial charge in [-0.15, -0.1) is 0 Å². The summed E-state index contributed by atoms with van der Waals surface area (Å²) in [6.07, 6.45) is 0. The number of imide groups is 1. The van der Waals surface area contributed by atoms with E-state index in [1.165, 1.54) is 7.05 Å². The van der Waals surface area contributed by atoms with Crippen molar-refractivity contribution in [1.29, 1.82) is 0 Å². The van der Waals surface area contributed by atoms with Crippen molar-refractivity contribution >= 4 is 17.8 Å². The van der Waals surface area contributed by atoms with Crippen molar-refractivity contribution in [3.63, 3.8) is 0 Å². The first-order valence-electron chi connectivity index (χ1n) is 8.31. The first kappa shape index (κ1) is 17.6. The van der Waals surface area contributed by atoms with Gasteiger partial charge in [-0.1, -0.05) is 24.3 Å². The number of ether oxygens (including phenoxy) is 1. The molecule has 0 bridgehead atoms. The molecule has 2 aliphatic rings. The van der Waals surface area contributed by atoms with Gasteiger partial charge in [0.15, 0.2) is 5.54 Å². The minimum Gasteiger partial charge on any atom is -0.465 e. The quantitative estimate of drug-likeness (QED) is 0.596. The van der Waals surface area contributed by atoms with E-state index in [9.17, 15) is 19.5 Å². The van der Waals surface area contributed by atoms with Crippen molar-refractivity contribution in [2.75, 3.05) is 20.3 Å². The number of hydrogen-bond donors (Lipinski definition) is 2. The van der Waals surface area contributed by atoms with Gasteiger partial charge in [0, 0.05) is 13.1 Å². The van der Waals surface area contributed by atoms with Gasteiger partial charge in [0.2, 0.25) is 11.8 Å². The van der Waals surface area contributed by atoms with Crippen LogP contribution in [0.25, 0.3) is 0 Å². The number of benzene rings is 1. The molecule has 2 N–H and O–H groups in total. The van der Waals surface area contributed by atoms with Gasteiger partial charge in [0.05, 0.1) is 25.0 Å². The number of nitrogens with one attached hydrogen (secondary N) is 1. The van der Waals surface area contributed by atoms with E-state index < -0.39 is 41.9 Å². The van der Waals surface area contributed by atoms with E-state index >= 15 is 0 Å². The van der Waals surface area contributed by atoms with Crippen LogP contribution in [0, 0.1) is 18.8 Å². The number of amides is 2. The second-order valence-corrected chi connectivity index (χ2v) is 6.57. The number of rotatable bonds is 4. The van der Waals surface area contributed by atoms with Crippen LogP contribution < -0.4 is 5.32 Å². The average molecular weight is 346 g/mol. The Morgan fingerprint density at radius 3 is 2.60 bits per heavy atom. The van der Waals surface area contributed by atoms with Gasteiger partial charge in [-0.25, -0.2) is 4.79 Å². The predicted octanol–water partition coefficient (Wildman–Crippen LogP) is 0.165. The molecule has 2 fully saturated rings. The fraction of sp³-hybridized carbons (Fsp3) is 0.500. The van der Waals surface area contributed by atoms with Gasteiger partial charge in [-0.05, 0) is 25.0 Å². The highest BCUT2D eigenvalue weighted by Gasteiger charge is 2.68. The van der Waals surface area contributed by atoms with Crippen molar-refractivity contribution < 1.29 is 24.2 Å². The van der Waals surface area contributed by atoms with Gasteiger partial charge < -0.3 is 9.84 Å². The van der Waals surface area contributed by atoms with E-state index in [0.717, 1.165) is 16.0 Å². The van der Waals surface area contributed by atoms with Crippen LogP contribution in [0.2, 0.25) is 0 Å². The monoisotopic (exact) mass is 346 g/mol. The van der Waals surface area contributed by atoms with Crippen LogP contribution in [-0.4, -0.2) is 53.6 Å². The van der Waals surface area contributed by atoms with E-state index in [4.69, 9.17) is 4.74 Å². The summed E-state index contributed by atoms with van der Waals surface area (Å²) < 4.78 is 5.12. The highest BCUT2D eigenvalue weighted by atomic mass is 16.5. The smallest absolute Gasteiger partial charge is 0.329 e. The summed E-state index contributed by atoms with van der Waals surface area (Å²) >= 11 is 0. The van der Waals surface area contributed by atoms with Gasteiger partial charge in [-0.3, -0.25) is 19.8 Å². The van der Waals surface area contributed by atoms with Crippen molar-refractivity contribution in [3.8, 4) is 0 Å². The summed E-state index contributed by atoms with van der Waals surface area (Å²) in [5.41, 5.74) is 0.144. The maximum absolute atomic E-state index is 12.7. The second-order valence-electron chi connectivity index (χ2n) is 6.57. The summed E-state index contributed by atoms with van der Waals surface area (Å²) in [5.74, 6) is -3.27. The molecule has 2 heterocycles. The van der Waals surface area contributed by atoms with Crippen LogP contribution in [0.4, 0.5) is 0 Å². The van der Waals surface area contributed by atoms with Crippen LogP contribution in [0.3, 0.4) is 0 Å². The number of nitrogens with zero attached hydrogens (tertiary/aromatic N) is 1. The molecule has 0 spiro atoms. The lowest BCUT2D eigenvalue weighted by atomic mass is 9.79. The third-order valence-corrected chi connectivity index (χ3v) is 5.29. The molecule has 2 saturated heterocycles.